The summed E-state index contributed by atoms with van der Waals surface area (Å²) in [6.07, 6.45) is 0. The molecule has 27 heavy (non-hydrogen) atoms. The Balaban J connectivity index is 1.72. The van der Waals surface area contributed by atoms with E-state index in [1.807, 2.05) is 60.7 Å². The summed E-state index contributed by atoms with van der Waals surface area (Å²) in [6.45, 7) is 0.966. The predicted octanol–water partition coefficient (Wildman–Crippen LogP) is 6.96. The van der Waals surface area contributed by atoms with Crippen LogP contribution in [0, 0.1) is 0 Å². The van der Waals surface area contributed by atoms with Gasteiger partial charge in [-0.15, -0.1) is 0 Å². The quantitative estimate of drug-likeness (QED) is 0.408. The first-order valence-electron chi connectivity index (χ1n) is 8.29. The van der Waals surface area contributed by atoms with Crippen molar-refractivity contribution in [2.45, 2.75) is 13.2 Å². The highest BCUT2D eigenvalue weighted by Gasteiger charge is 2.13. The van der Waals surface area contributed by atoms with Gasteiger partial charge in [-0.3, -0.25) is 0 Å². The molecule has 0 amide bonds. The lowest BCUT2D eigenvalue weighted by Gasteiger charge is -2.15. The minimum absolute atomic E-state index is 0.403. The van der Waals surface area contributed by atoms with Crippen LogP contribution < -0.4 is 14.8 Å². The summed E-state index contributed by atoms with van der Waals surface area (Å²) >= 11 is 16.1. The second-order valence-corrected chi connectivity index (χ2v) is 7.59. The van der Waals surface area contributed by atoms with E-state index >= 15 is 0 Å². The average Bonchev–Trinajstić information content (AvgIpc) is 2.67. The largest absolute Gasteiger partial charge is 0.493 e. The van der Waals surface area contributed by atoms with Gasteiger partial charge in [0.2, 0.25) is 0 Å². The van der Waals surface area contributed by atoms with Crippen molar-refractivity contribution in [3.63, 3.8) is 0 Å². The maximum atomic E-state index is 6.45. The van der Waals surface area contributed by atoms with Gasteiger partial charge in [-0.05, 0) is 47.5 Å². The molecule has 3 aromatic carbocycles. The van der Waals surface area contributed by atoms with E-state index < -0.39 is 0 Å². The second kappa shape index (κ2) is 9.36. The normalized spacial score (nSPS) is 10.5. The number of hydrogen-bond donors (Lipinski definition) is 1. The molecule has 3 nitrogen and oxygen atoms in total. The molecule has 0 radical (unpaired) electrons. The number of nitrogens with one attached hydrogen (secondary N) is 1. The Bertz CT molecular complexity index is 917. The number of halogens is 3. The van der Waals surface area contributed by atoms with Gasteiger partial charge in [-0.2, -0.15) is 0 Å². The van der Waals surface area contributed by atoms with Gasteiger partial charge in [-0.25, -0.2) is 0 Å². The second-order valence-electron chi connectivity index (χ2n) is 5.86. The minimum Gasteiger partial charge on any atom is -0.493 e. The van der Waals surface area contributed by atoms with E-state index in [1.54, 1.807) is 7.11 Å². The minimum atomic E-state index is 0.403. The van der Waals surface area contributed by atoms with Crippen LogP contribution >= 0.6 is 39.1 Å². The van der Waals surface area contributed by atoms with Gasteiger partial charge in [-0.1, -0.05) is 63.4 Å². The van der Waals surface area contributed by atoms with Crippen molar-refractivity contribution in [1.82, 2.24) is 0 Å². The van der Waals surface area contributed by atoms with Gasteiger partial charge in [0.15, 0.2) is 11.5 Å². The third-order valence-electron chi connectivity index (χ3n) is 3.94. The van der Waals surface area contributed by atoms with E-state index in [4.69, 9.17) is 32.7 Å². The summed E-state index contributed by atoms with van der Waals surface area (Å²) in [6, 6.07) is 19.3. The highest BCUT2D eigenvalue weighted by molar-refractivity contribution is 9.10. The molecule has 3 aromatic rings. The van der Waals surface area contributed by atoms with Crippen LogP contribution in [-0.2, 0) is 13.2 Å². The van der Waals surface area contributed by atoms with Crippen LogP contribution in [0.5, 0.6) is 11.5 Å². The Labute approximate surface area is 177 Å². The molecular weight excluding hydrogens is 449 g/mol. The number of methoxy groups -OCH3 is 1. The van der Waals surface area contributed by atoms with Crippen molar-refractivity contribution in [1.29, 1.82) is 0 Å². The van der Waals surface area contributed by atoms with Crippen LogP contribution in [0.15, 0.2) is 65.1 Å². The van der Waals surface area contributed by atoms with E-state index in [0.717, 1.165) is 21.3 Å². The Morgan fingerprint density at radius 1 is 0.926 bits per heavy atom. The summed E-state index contributed by atoms with van der Waals surface area (Å²) in [5, 5.41) is 4.47. The molecule has 0 fully saturated rings. The fourth-order valence-corrected chi connectivity index (χ4v) is 3.31. The molecule has 3 rings (SSSR count). The first-order chi connectivity index (χ1) is 13.1. The number of ether oxygens (including phenoxy) is 2. The van der Waals surface area contributed by atoms with Crippen molar-refractivity contribution in [2.75, 3.05) is 12.4 Å². The summed E-state index contributed by atoms with van der Waals surface area (Å²) in [5.41, 5.74) is 2.87. The van der Waals surface area contributed by atoms with Crippen LogP contribution in [0.1, 0.15) is 11.1 Å². The molecule has 0 spiro atoms. The van der Waals surface area contributed by atoms with Crippen LogP contribution in [0.4, 0.5) is 5.69 Å². The third kappa shape index (κ3) is 5.32. The maximum absolute atomic E-state index is 6.45. The lowest BCUT2D eigenvalue weighted by molar-refractivity contribution is 0.284. The van der Waals surface area contributed by atoms with Crippen LogP contribution in [0.2, 0.25) is 10.0 Å². The zero-order valence-corrected chi connectivity index (χ0v) is 17.7. The van der Waals surface area contributed by atoms with Crippen molar-refractivity contribution in [2.24, 2.45) is 0 Å². The average molecular weight is 467 g/mol. The zero-order valence-electron chi connectivity index (χ0n) is 14.6. The summed E-state index contributed by atoms with van der Waals surface area (Å²) in [7, 11) is 1.60. The fourth-order valence-electron chi connectivity index (χ4n) is 2.55. The molecule has 0 aliphatic carbocycles. The van der Waals surface area contributed by atoms with Crippen LogP contribution in [0.3, 0.4) is 0 Å². The molecule has 0 unspecified atom stereocenters. The third-order valence-corrected chi connectivity index (χ3v) is 5.08. The summed E-state index contributed by atoms with van der Waals surface area (Å²) in [4.78, 5) is 0. The Kier molecular flexibility index (Phi) is 6.89. The van der Waals surface area contributed by atoms with Crippen molar-refractivity contribution in [3.8, 4) is 11.5 Å². The van der Waals surface area contributed by atoms with E-state index in [2.05, 4.69) is 21.2 Å². The van der Waals surface area contributed by atoms with E-state index in [-0.39, 0.29) is 0 Å². The smallest absolute Gasteiger partial charge is 0.180 e. The van der Waals surface area contributed by atoms with Gasteiger partial charge >= 0.3 is 0 Å². The standard InChI is InChI=1S/C21H18BrCl2NO2/c1-26-20-11-15(12-25-19-5-3-2-4-17(19)23)10-18(24)21(20)27-13-14-6-8-16(22)9-7-14/h2-11,25H,12-13H2,1H3. The molecule has 0 atom stereocenters. The zero-order chi connectivity index (χ0) is 19.2. The number of para-hydroxylation sites is 1. The van der Waals surface area contributed by atoms with Crippen LogP contribution in [0.25, 0.3) is 0 Å². The molecule has 140 valence electrons. The van der Waals surface area contributed by atoms with Gasteiger partial charge in [0, 0.05) is 11.0 Å². The van der Waals surface area contributed by atoms with E-state index in [0.29, 0.717) is 34.7 Å². The van der Waals surface area contributed by atoms with Gasteiger partial charge in [0.25, 0.3) is 0 Å². The van der Waals surface area contributed by atoms with Crippen molar-refractivity contribution in [3.05, 3.63) is 86.3 Å². The highest BCUT2D eigenvalue weighted by atomic mass is 79.9. The Hall–Kier alpha value is -1.88. The number of hydrogen-bond acceptors (Lipinski definition) is 3. The molecule has 6 heteroatoms. The molecule has 1 N–H and O–H groups in total. The number of rotatable bonds is 7. The van der Waals surface area contributed by atoms with Crippen molar-refractivity contribution < 1.29 is 9.47 Å². The van der Waals surface area contributed by atoms with Gasteiger partial charge < -0.3 is 14.8 Å². The Morgan fingerprint density at radius 2 is 1.67 bits per heavy atom. The predicted molar refractivity (Wildman–Crippen MR) is 115 cm³/mol. The molecule has 0 heterocycles. The summed E-state index contributed by atoms with van der Waals surface area (Å²) < 4.78 is 12.4. The molecule has 0 aliphatic rings. The Morgan fingerprint density at radius 3 is 2.37 bits per heavy atom. The molecular formula is C21H18BrCl2NO2. The number of benzene rings is 3. The topological polar surface area (TPSA) is 30.5 Å². The lowest BCUT2D eigenvalue weighted by Crippen LogP contribution is -2.03. The molecule has 0 saturated heterocycles. The molecule has 0 bridgehead atoms. The molecule has 0 saturated carbocycles. The van der Waals surface area contributed by atoms with Gasteiger partial charge in [0.05, 0.1) is 22.8 Å². The van der Waals surface area contributed by atoms with Gasteiger partial charge in [0.1, 0.15) is 6.61 Å². The van der Waals surface area contributed by atoms with E-state index in [1.165, 1.54) is 0 Å². The van der Waals surface area contributed by atoms with E-state index in [9.17, 15) is 0 Å². The van der Waals surface area contributed by atoms with Crippen LogP contribution in [-0.4, -0.2) is 7.11 Å². The molecule has 0 aliphatic heterocycles. The SMILES string of the molecule is COc1cc(CNc2ccccc2Cl)cc(Cl)c1OCc1ccc(Br)cc1. The molecule has 0 aromatic heterocycles. The highest BCUT2D eigenvalue weighted by Crippen LogP contribution is 2.37. The van der Waals surface area contributed by atoms with Crippen molar-refractivity contribution >= 4 is 44.8 Å². The first kappa shape index (κ1) is 19.9. The maximum Gasteiger partial charge on any atom is 0.180 e. The summed E-state index contributed by atoms with van der Waals surface area (Å²) in [5.74, 6) is 1.12. The lowest BCUT2D eigenvalue weighted by atomic mass is 10.2. The monoisotopic (exact) mass is 465 g/mol. The fraction of sp³-hybridized carbons (Fsp3) is 0.143. The number of anilines is 1. The first-order valence-corrected chi connectivity index (χ1v) is 9.84.